The van der Waals surface area contributed by atoms with E-state index in [1.165, 1.54) is 11.1 Å². The molecule has 0 unspecified atom stereocenters. The van der Waals surface area contributed by atoms with Gasteiger partial charge in [0, 0.05) is 24.0 Å². The lowest BCUT2D eigenvalue weighted by molar-refractivity contribution is -0.0935. The van der Waals surface area contributed by atoms with E-state index in [2.05, 4.69) is 17.1 Å². The van der Waals surface area contributed by atoms with Gasteiger partial charge in [-0.05, 0) is 73.2 Å². The molecular formula is C25H28N2O4. The summed E-state index contributed by atoms with van der Waals surface area (Å²) in [6.07, 6.45) is 2.49. The number of hydrogen-bond acceptors (Lipinski definition) is 4. The standard InChI is InChI=1S/C25H28N2O4/c1-16-20-15-19(30-3)5-7-22(20)26-23(16)24(28)27-11-9-25(10-12-27)21-6-4-18(29-2)14-17(21)8-13-31-25/h4-7,14-15,26H,8-13H2,1-3H3. The van der Waals surface area contributed by atoms with E-state index in [4.69, 9.17) is 14.2 Å². The zero-order valence-corrected chi connectivity index (χ0v) is 18.3. The van der Waals surface area contributed by atoms with Gasteiger partial charge in [-0.3, -0.25) is 4.79 Å². The van der Waals surface area contributed by atoms with Crippen LogP contribution < -0.4 is 9.47 Å². The van der Waals surface area contributed by atoms with E-state index in [0.717, 1.165) is 47.2 Å². The quantitative estimate of drug-likeness (QED) is 0.690. The van der Waals surface area contributed by atoms with Gasteiger partial charge in [-0.25, -0.2) is 0 Å². The van der Waals surface area contributed by atoms with Crippen molar-refractivity contribution in [2.45, 2.75) is 31.8 Å². The maximum atomic E-state index is 13.4. The molecular weight excluding hydrogens is 392 g/mol. The second-order valence-electron chi connectivity index (χ2n) is 8.44. The van der Waals surface area contributed by atoms with E-state index in [9.17, 15) is 4.79 Å². The number of H-pyrrole nitrogens is 1. The number of piperidine rings is 1. The molecule has 3 aromatic rings. The first-order valence-electron chi connectivity index (χ1n) is 10.8. The molecule has 5 rings (SSSR count). The molecule has 1 fully saturated rings. The summed E-state index contributed by atoms with van der Waals surface area (Å²) in [6, 6.07) is 12.1. The lowest BCUT2D eigenvalue weighted by Crippen LogP contribution is -2.48. The van der Waals surface area contributed by atoms with Crippen molar-refractivity contribution in [3.63, 3.8) is 0 Å². The Morgan fingerprint density at radius 1 is 1.06 bits per heavy atom. The number of carbonyl (C=O) groups is 1. The van der Waals surface area contributed by atoms with Crippen LogP contribution in [0.3, 0.4) is 0 Å². The Kier molecular flexibility index (Phi) is 4.89. The SMILES string of the molecule is COc1ccc2c(c1)CCOC21CCN(C(=O)c2[nH]c3ccc(OC)cc3c2C)CC1. The first kappa shape index (κ1) is 19.9. The summed E-state index contributed by atoms with van der Waals surface area (Å²) in [5.41, 5.74) is 4.82. The number of amides is 1. The van der Waals surface area contributed by atoms with Crippen LogP contribution in [0.15, 0.2) is 36.4 Å². The molecule has 0 aliphatic carbocycles. The molecule has 0 radical (unpaired) electrons. The summed E-state index contributed by atoms with van der Waals surface area (Å²) < 4.78 is 17.1. The van der Waals surface area contributed by atoms with Gasteiger partial charge in [0.25, 0.3) is 5.91 Å². The molecule has 0 atom stereocenters. The van der Waals surface area contributed by atoms with Gasteiger partial charge >= 0.3 is 0 Å². The third kappa shape index (κ3) is 3.26. The highest BCUT2D eigenvalue weighted by Crippen LogP contribution is 2.42. The van der Waals surface area contributed by atoms with Crippen LogP contribution in [0.2, 0.25) is 0 Å². The van der Waals surface area contributed by atoms with E-state index in [-0.39, 0.29) is 11.5 Å². The molecule has 1 amide bonds. The fourth-order valence-electron chi connectivity index (χ4n) is 5.07. The monoisotopic (exact) mass is 420 g/mol. The van der Waals surface area contributed by atoms with E-state index < -0.39 is 0 Å². The lowest BCUT2D eigenvalue weighted by Gasteiger charge is -2.45. The van der Waals surface area contributed by atoms with E-state index in [1.54, 1.807) is 14.2 Å². The predicted molar refractivity (Wildman–Crippen MR) is 119 cm³/mol. The number of hydrogen-bond donors (Lipinski definition) is 1. The number of aromatic amines is 1. The maximum absolute atomic E-state index is 13.4. The van der Waals surface area contributed by atoms with Gasteiger partial charge in [-0.2, -0.15) is 0 Å². The minimum Gasteiger partial charge on any atom is -0.497 e. The normalized spacial score (nSPS) is 17.6. The van der Waals surface area contributed by atoms with Crippen LogP contribution in [0, 0.1) is 6.92 Å². The molecule has 1 N–H and O–H groups in total. The summed E-state index contributed by atoms with van der Waals surface area (Å²) in [5, 5.41) is 1.02. The average molecular weight is 421 g/mol. The zero-order chi connectivity index (χ0) is 21.6. The fraction of sp³-hybridized carbons (Fsp3) is 0.400. The Balaban J connectivity index is 1.37. The Labute approximate surface area is 182 Å². The van der Waals surface area contributed by atoms with Crippen LogP contribution in [0.5, 0.6) is 11.5 Å². The van der Waals surface area contributed by atoms with Crippen LogP contribution in [0.4, 0.5) is 0 Å². The van der Waals surface area contributed by atoms with Crippen molar-refractivity contribution in [2.75, 3.05) is 33.9 Å². The Morgan fingerprint density at radius 2 is 1.77 bits per heavy atom. The van der Waals surface area contributed by atoms with Crippen molar-refractivity contribution in [2.24, 2.45) is 0 Å². The molecule has 162 valence electrons. The van der Waals surface area contributed by atoms with Crippen LogP contribution in [-0.2, 0) is 16.8 Å². The summed E-state index contributed by atoms with van der Waals surface area (Å²) in [4.78, 5) is 18.6. The van der Waals surface area contributed by atoms with Gasteiger partial charge in [0.05, 0.1) is 26.4 Å². The fourth-order valence-corrected chi connectivity index (χ4v) is 5.07. The van der Waals surface area contributed by atoms with Gasteiger partial charge in [-0.1, -0.05) is 6.07 Å². The minimum atomic E-state index is -0.306. The number of carbonyl (C=O) groups excluding carboxylic acids is 1. The maximum Gasteiger partial charge on any atom is 0.270 e. The molecule has 0 saturated carbocycles. The first-order valence-corrected chi connectivity index (χ1v) is 10.8. The number of rotatable bonds is 3. The summed E-state index contributed by atoms with van der Waals surface area (Å²) in [5.74, 6) is 1.72. The van der Waals surface area contributed by atoms with Crippen molar-refractivity contribution in [3.8, 4) is 11.5 Å². The number of fused-ring (bicyclic) bond motifs is 3. The van der Waals surface area contributed by atoms with Crippen molar-refractivity contribution in [1.29, 1.82) is 0 Å². The lowest BCUT2D eigenvalue weighted by atomic mass is 9.79. The van der Waals surface area contributed by atoms with Crippen molar-refractivity contribution < 1.29 is 19.0 Å². The Bertz CT molecular complexity index is 1140. The molecule has 6 heteroatoms. The van der Waals surface area contributed by atoms with Gasteiger partial charge in [-0.15, -0.1) is 0 Å². The van der Waals surface area contributed by atoms with Crippen molar-refractivity contribution in [3.05, 3.63) is 58.8 Å². The summed E-state index contributed by atoms with van der Waals surface area (Å²) >= 11 is 0. The third-order valence-electron chi connectivity index (χ3n) is 6.89. The summed E-state index contributed by atoms with van der Waals surface area (Å²) in [7, 11) is 3.35. The number of ether oxygens (including phenoxy) is 3. The molecule has 2 aliphatic heterocycles. The largest absolute Gasteiger partial charge is 0.497 e. The second-order valence-corrected chi connectivity index (χ2v) is 8.44. The number of benzene rings is 2. The third-order valence-corrected chi connectivity index (χ3v) is 6.89. The molecule has 31 heavy (non-hydrogen) atoms. The molecule has 1 saturated heterocycles. The zero-order valence-electron chi connectivity index (χ0n) is 18.3. The molecule has 1 spiro atoms. The number of aromatic nitrogens is 1. The highest BCUT2D eigenvalue weighted by Gasteiger charge is 2.42. The van der Waals surface area contributed by atoms with Crippen LogP contribution in [0.1, 0.15) is 40.0 Å². The number of likely N-dealkylation sites (tertiary alicyclic amines) is 1. The highest BCUT2D eigenvalue weighted by molar-refractivity contribution is 6.01. The average Bonchev–Trinajstić information content (AvgIpc) is 3.14. The number of nitrogens with zero attached hydrogens (tertiary/aromatic N) is 1. The van der Waals surface area contributed by atoms with E-state index in [0.29, 0.717) is 25.4 Å². The van der Waals surface area contributed by atoms with Crippen molar-refractivity contribution >= 4 is 16.8 Å². The van der Waals surface area contributed by atoms with Crippen molar-refractivity contribution in [1.82, 2.24) is 9.88 Å². The molecule has 1 aromatic heterocycles. The first-order chi connectivity index (χ1) is 15.0. The molecule has 2 aliphatic rings. The van der Waals surface area contributed by atoms with Gasteiger partial charge < -0.3 is 24.1 Å². The van der Waals surface area contributed by atoms with Gasteiger partial charge in [0.2, 0.25) is 0 Å². The summed E-state index contributed by atoms with van der Waals surface area (Å²) in [6.45, 7) is 4.03. The Hall–Kier alpha value is -2.99. The molecule has 6 nitrogen and oxygen atoms in total. The number of methoxy groups -OCH3 is 2. The van der Waals surface area contributed by atoms with Crippen LogP contribution >= 0.6 is 0 Å². The predicted octanol–water partition coefficient (Wildman–Crippen LogP) is 4.20. The Morgan fingerprint density at radius 3 is 2.52 bits per heavy atom. The van der Waals surface area contributed by atoms with Crippen LogP contribution in [0.25, 0.3) is 10.9 Å². The smallest absolute Gasteiger partial charge is 0.270 e. The van der Waals surface area contributed by atoms with Crippen LogP contribution in [-0.4, -0.2) is 49.7 Å². The molecule has 0 bridgehead atoms. The number of aryl methyl sites for hydroxylation is 1. The second kappa shape index (κ2) is 7.61. The van der Waals surface area contributed by atoms with Gasteiger partial charge in [0.1, 0.15) is 17.2 Å². The topological polar surface area (TPSA) is 63.8 Å². The van der Waals surface area contributed by atoms with E-state index in [1.807, 2.05) is 36.1 Å². The van der Waals surface area contributed by atoms with E-state index >= 15 is 0 Å². The van der Waals surface area contributed by atoms with Gasteiger partial charge in [0.15, 0.2) is 0 Å². The minimum absolute atomic E-state index is 0.0493. The number of nitrogens with one attached hydrogen (secondary N) is 1. The molecule has 3 heterocycles. The molecule has 2 aromatic carbocycles. The highest BCUT2D eigenvalue weighted by atomic mass is 16.5.